The zero-order chi connectivity index (χ0) is 25.6. The Kier molecular flexibility index (Phi) is 6.43. The molecule has 5 atom stereocenters. The SMILES string of the molecule is C[C@@H](O)[C@H]1C(=O)N2C(C(=O)OC(=O)c3ccc([N+](=O)[O-])cc3)=C(CN3CC[C@@H](C(N)=O)C3)[C@H](C)[C@H]12. The van der Waals surface area contributed by atoms with Crippen molar-refractivity contribution >= 4 is 29.4 Å². The van der Waals surface area contributed by atoms with E-state index in [1.165, 1.54) is 24.0 Å². The molecule has 12 nitrogen and oxygen atoms in total. The molecule has 0 aromatic heterocycles. The van der Waals surface area contributed by atoms with Crippen molar-refractivity contribution in [2.45, 2.75) is 32.4 Å². The Morgan fingerprint density at radius 1 is 1.26 bits per heavy atom. The minimum Gasteiger partial charge on any atom is -0.393 e. The van der Waals surface area contributed by atoms with E-state index in [4.69, 9.17) is 10.5 Å². The number of carbonyl (C=O) groups is 4. The van der Waals surface area contributed by atoms with Crippen molar-refractivity contribution in [3.8, 4) is 0 Å². The molecular formula is C23H26N4O8. The molecule has 1 aromatic carbocycles. The number of nitrogens with zero attached hydrogens (tertiary/aromatic N) is 3. The molecule has 3 aliphatic heterocycles. The van der Waals surface area contributed by atoms with Gasteiger partial charge < -0.3 is 20.5 Å². The number of esters is 2. The number of fused-ring (bicyclic) bond motifs is 1. The van der Waals surface area contributed by atoms with E-state index >= 15 is 0 Å². The monoisotopic (exact) mass is 486 g/mol. The number of aliphatic hydroxyl groups excluding tert-OH is 1. The molecule has 0 spiro atoms. The summed E-state index contributed by atoms with van der Waals surface area (Å²) >= 11 is 0. The van der Waals surface area contributed by atoms with Crippen molar-refractivity contribution in [3.05, 3.63) is 51.2 Å². The number of primary amides is 1. The van der Waals surface area contributed by atoms with Crippen LogP contribution in [0.3, 0.4) is 0 Å². The molecule has 3 heterocycles. The van der Waals surface area contributed by atoms with Gasteiger partial charge >= 0.3 is 11.9 Å². The van der Waals surface area contributed by atoms with E-state index in [1.54, 1.807) is 0 Å². The lowest BCUT2D eigenvalue weighted by molar-refractivity contribution is -0.384. The minimum atomic E-state index is -1.01. The van der Waals surface area contributed by atoms with Crippen LogP contribution in [-0.2, 0) is 19.1 Å². The standard InChI is InChI=1S/C23H26N4O8/c1-11-16(10-25-8-7-14(9-25)20(24)29)19(26-18(11)17(12(2)28)21(26)30)23(32)35-22(31)13-3-5-15(6-4-13)27(33)34/h3-6,11-12,14,17-18,28H,7-10H2,1-2H3,(H2,24,29)/t11-,12+,14+,17+,18+/m0/s1. The molecule has 4 rings (SSSR count). The first-order valence-corrected chi connectivity index (χ1v) is 11.3. The zero-order valence-electron chi connectivity index (χ0n) is 19.2. The molecule has 3 N–H and O–H groups in total. The maximum atomic E-state index is 13.2. The van der Waals surface area contributed by atoms with Gasteiger partial charge in [-0.3, -0.25) is 24.6 Å². The van der Waals surface area contributed by atoms with Crippen molar-refractivity contribution < 1.29 is 33.9 Å². The highest BCUT2D eigenvalue weighted by Gasteiger charge is 2.60. The molecule has 0 saturated carbocycles. The zero-order valence-corrected chi connectivity index (χ0v) is 19.2. The summed E-state index contributed by atoms with van der Waals surface area (Å²) in [5.41, 5.74) is 5.68. The molecule has 12 heteroatoms. The summed E-state index contributed by atoms with van der Waals surface area (Å²) in [5.74, 6) is -4.15. The molecule has 2 amide bonds. The Balaban J connectivity index is 1.59. The summed E-state index contributed by atoms with van der Waals surface area (Å²) in [6, 6.07) is 4.14. The average molecular weight is 486 g/mol. The third kappa shape index (κ3) is 4.30. The van der Waals surface area contributed by atoms with Crippen LogP contribution in [0.4, 0.5) is 5.69 Å². The fraction of sp³-hybridized carbons (Fsp3) is 0.478. The van der Waals surface area contributed by atoms with Crippen LogP contribution in [0.15, 0.2) is 35.5 Å². The minimum absolute atomic E-state index is 0.0396. The quantitative estimate of drug-likeness (QED) is 0.179. The largest absolute Gasteiger partial charge is 0.393 e. The van der Waals surface area contributed by atoms with Crippen LogP contribution in [0.1, 0.15) is 30.6 Å². The van der Waals surface area contributed by atoms with Crippen LogP contribution < -0.4 is 5.73 Å². The van der Waals surface area contributed by atoms with Gasteiger partial charge in [-0.25, -0.2) is 9.59 Å². The number of likely N-dealkylation sites (tertiary alicyclic amines) is 1. The fourth-order valence-electron chi connectivity index (χ4n) is 5.20. The van der Waals surface area contributed by atoms with Crippen LogP contribution >= 0.6 is 0 Å². The number of β-lactam (4-membered cyclic amide) rings is 1. The normalized spacial score (nSPS) is 26.8. The van der Waals surface area contributed by atoms with Crippen LogP contribution in [0.2, 0.25) is 0 Å². The van der Waals surface area contributed by atoms with Gasteiger partial charge in [0.1, 0.15) is 5.70 Å². The highest BCUT2D eigenvalue weighted by atomic mass is 16.6. The van der Waals surface area contributed by atoms with Crippen LogP contribution in [0, 0.1) is 27.9 Å². The van der Waals surface area contributed by atoms with Crippen molar-refractivity contribution in [3.63, 3.8) is 0 Å². The molecule has 0 bridgehead atoms. The molecule has 186 valence electrons. The second-order valence-electron chi connectivity index (χ2n) is 9.23. The number of nitro groups is 1. The number of non-ortho nitro benzene ring substituents is 1. The van der Waals surface area contributed by atoms with Gasteiger partial charge in [0.2, 0.25) is 11.8 Å². The Labute approximate surface area is 200 Å². The Morgan fingerprint density at radius 3 is 2.46 bits per heavy atom. The van der Waals surface area contributed by atoms with Gasteiger partial charge in [-0.05, 0) is 37.6 Å². The molecule has 2 saturated heterocycles. The van der Waals surface area contributed by atoms with Crippen molar-refractivity contribution in [1.82, 2.24) is 9.80 Å². The van der Waals surface area contributed by atoms with Gasteiger partial charge in [0.25, 0.3) is 5.69 Å². The van der Waals surface area contributed by atoms with E-state index in [2.05, 4.69) is 0 Å². The molecular weight excluding hydrogens is 460 g/mol. The number of rotatable bonds is 7. The topological polar surface area (TPSA) is 173 Å². The second kappa shape index (κ2) is 9.19. The number of amides is 2. The maximum Gasteiger partial charge on any atom is 0.362 e. The van der Waals surface area contributed by atoms with E-state index in [-0.39, 0.29) is 35.3 Å². The van der Waals surface area contributed by atoms with E-state index in [1.807, 2.05) is 11.8 Å². The highest BCUT2D eigenvalue weighted by Crippen LogP contribution is 2.47. The first-order valence-electron chi connectivity index (χ1n) is 11.3. The highest BCUT2D eigenvalue weighted by molar-refractivity contribution is 6.06. The summed E-state index contributed by atoms with van der Waals surface area (Å²) in [6.07, 6.45) is -0.340. The Hall–Kier alpha value is -3.64. The van der Waals surface area contributed by atoms with Gasteiger partial charge in [-0.1, -0.05) is 6.92 Å². The molecule has 2 fully saturated rings. The Morgan fingerprint density at radius 2 is 1.91 bits per heavy atom. The fourth-order valence-corrected chi connectivity index (χ4v) is 5.20. The second-order valence-corrected chi connectivity index (χ2v) is 9.23. The van der Waals surface area contributed by atoms with Crippen molar-refractivity contribution in [2.75, 3.05) is 19.6 Å². The first-order chi connectivity index (χ1) is 16.5. The third-order valence-electron chi connectivity index (χ3n) is 7.08. The number of hydrogen-bond acceptors (Lipinski definition) is 9. The molecule has 0 unspecified atom stereocenters. The summed E-state index contributed by atoms with van der Waals surface area (Å²) < 4.78 is 5.07. The number of benzene rings is 1. The summed E-state index contributed by atoms with van der Waals surface area (Å²) in [7, 11) is 0. The average Bonchev–Trinajstić information content (AvgIpc) is 3.36. The van der Waals surface area contributed by atoms with Gasteiger partial charge in [0.05, 0.1) is 34.5 Å². The maximum absolute atomic E-state index is 13.2. The summed E-state index contributed by atoms with van der Waals surface area (Å²) in [5, 5.41) is 20.9. The van der Waals surface area contributed by atoms with Gasteiger partial charge in [-0.15, -0.1) is 0 Å². The van der Waals surface area contributed by atoms with Crippen LogP contribution in [-0.4, -0.2) is 75.4 Å². The van der Waals surface area contributed by atoms with E-state index < -0.39 is 46.7 Å². The third-order valence-corrected chi connectivity index (χ3v) is 7.08. The summed E-state index contributed by atoms with van der Waals surface area (Å²) in [6.45, 7) is 4.61. The predicted molar refractivity (Wildman–Crippen MR) is 119 cm³/mol. The van der Waals surface area contributed by atoms with Crippen molar-refractivity contribution in [2.24, 2.45) is 23.5 Å². The predicted octanol–water partition coefficient (Wildman–Crippen LogP) is 0.197. The first kappa shape index (κ1) is 24.5. The van der Waals surface area contributed by atoms with E-state index in [0.717, 1.165) is 12.1 Å². The van der Waals surface area contributed by atoms with Gasteiger partial charge in [0, 0.05) is 31.1 Å². The van der Waals surface area contributed by atoms with Crippen molar-refractivity contribution in [1.29, 1.82) is 0 Å². The number of nitro benzene ring substituents is 1. The Bertz CT molecular complexity index is 1130. The lowest BCUT2D eigenvalue weighted by Crippen LogP contribution is -2.63. The number of carbonyl (C=O) groups excluding carboxylic acids is 4. The van der Waals surface area contributed by atoms with E-state index in [9.17, 15) is 34.4 Å². The molecule has 1 aromatic rings. The lowest BCUT2D eigenvalue weighted by atomic mass is 9.77. The molecule has 0 aliphatic carbocycles. The molecule has 3 aliphatic rings. The van der Waals surface area contributed by atoms with E-state index in [0.29, 0.717) is 25.1 Å². The van der Waals surface area contributed by atoms with Gasteiger partial charge in [0.15, 0.2) is 0 Å². The van der Waals surface area contributed by atoms with Crippen LogP contribution in [0.25, 0.3) is 0 Å². The lowest BCUT2D eigenvalue weighted by Gasteiger charge is -2.46. The molecule has 0 radical (unpaired) electrons. The number of aliphatic hydroxyl groups is 1. The number of nitrogens with two attached hydrogens (primary N) is 1. The van der Waals surface area contributed by atoms with Crippen LogP contribution in [0.5, 0.6) is 0 Å². The molecule has 35 heavy (non-hydrogen) atoms. The number of ether oxygens (including phenoxy) is 1. The smallest absolute Gasteiger partial charge is 0.362 e. The summed E-state index contributed by atoms with van der Waals surface area (Å²) in [4.78, 5) is 63.6. The van der Waals surface area contributed by atoms with Gasteiger partial charge in [-0.2, -0.15) is 0 Å². The number of hydrogen-bond donors (Lipinski definition) is 2.